The molecule has 2 amide bonds. The van der Waals surface area contributed by atoms with E-state index in [9.17, 15) is 22.4 Å². The number of hydrogen-bond donors (Lipinski definition) is 1. The Balaban J connectivity index is 1.71. The van der Waals surface area contributed by atoms with Gasteiger partial charge in [-0.15, -0.1) is 0 Å². The van der Waals surface area contributed by atoms with Crippen LogP contribution in [0.1, 0.15) is 33.1 Å². The van der Waals surface area contributed by atoms with Crippen molar-refractivity contribution in [1.82, 2.24) is 14.2 Å². The van der Waals surface area contributed by atoms with Crippen LogP contribution in [0.25, 0.3) is 0 Å². The van der Waals surface area contributed by atoms with E-state index >= 15 is 0 Å². The van der Waals surface area contributed by atoms with Gasteiger partial charge in [0.2, 0.25) is 21.8 Å². The molecular weight excluding hydrogens is 395 g/mol. The van der Waals surface area contributed by atoms with Gasteiger partial charge in [-0.2, -0.15) is 8.70 Å². The van der Waals surface area contributed by atoms with Gasteiger partial charge in [-0.25, -0.2) is 13.4 Å². The van der Waals surface area contributed by atoms with E-state index < -0.39 is 33.0 Å². The number of amides is 2. The molecule has 0 spiro atoms. The van der Waals surface area contributed by atoms with Crippen molar-refractivity contribution in [3.63, 3.8) is 0 Å². The summed E-state index contributed by atoms with van der Waals surface area (Å²) < 4.78 is 39.1. The van der Waals surface area contributed by atoms with Crippen LogP contribution in [-0.2, 0) is 19.6 Å². The van der Waals surface area contributed by atoms with Gasteiger partial charge in [-0.1, -0.05) is 25.2 Å². The molecular formula is C16H23FN4O4S2. The van der Waals surface area contributed by atoms with Crippen molar-refractivity contribution < 1.29 is 22.4 Å². The van der Waals surface area contributed by atoms with E-state index in [2.05, 4.69) is 10.3 Å². The van der Waals surface area contributed by atoms with Gasteiger partial charge in [0.15, 0.2) is 10.3 Å². The lowest BCUT2D eigenvalue weighted by molar-refractivity contribution is -0.142. The maximum Gasteiger partial charge on any atom is 0.248 e. The lowest BCUT2D eigenvalue weighted by Gasteiger charge is -2.38. The van der Waals surface area contributed by atoms with Crippen LogP contribution in [0.4, 0.5) is 9.52 Å². The number of nitrogens with one attached hydrogen (secondary N) is 1. The van der Waals surface area contributed by atoms with Crippen LogP contribution in [0, 0.1) is 11.0 Å². The summed E-state index contributed by atoms with van der Waals surface area (Å²) in [5.41, 5.74) is 0. The molecule has 1 aliphatic heterocycles. The Labute approximate surface area is 161 Å². The highest BCUT2D eigenvalue weighted by molar-refractivity contribution is 7.90. The first-order chi connectivity index (χ1) is 12.7. The summed E-state index contributed by atoms with van der Waals surface area (Å²) in [7, 11) is -3.42. The minimum absolute atomic E-state index is 0.133. The van der Waals surface area contributed by atoms with Gasteiger partial charge in [-0.3, -0.25) is 9.59 Å². The lowest BCUT2D eigenvalue weighted by Crippen LogP contribution is -2.58. The number of halogens is 1. The van der Waals surface area contributed by atoms with E-state index in [0.29, 0.717) is 30.6 Å². The number of piperazine rings is 1. The zero-order chi connectivity index (χ0) is 19.8. The summed E-state index contributed by atoms with van der Waals surface area (Å²) in [4.78, 5) is 30.6. The number of nitrogens with zero attached hydrogens (tertiary/aromatic N) is 3. The Morgan fingerprint density at radius 1 is 1.41 bits per heavy atom. The molecule has 2 aliphatic rings. The van der Waals surface area contributed by atoms with Crippen LogP contribution in [0.5, 0.6) is 0 Å². The number of carbonyl (C=O) groups excluding carboxylic acids is 2. The summed E-state index contributed by atoms with van der Waals surface area (Å²) in [6.45, 7) is 3.95. The average molecular weight is 419 g/mol. The molecule has 1 atom stereocenters. The maximum atomic E-state index is 13.1. The van der Waals surface area contributed by atoms with Gasteiger partial charge in [0.05, 0.1) is 18.0 Å². The number of thiazole rings is 1. The highest BCUT2D eigenvalue weighted by Gasteiger charge is 2.44. The van der Waals surface area contributed by atoms with Crippen molar-refractivity contribution in [2.75, 3.05) is 25.0 Å². The largest absolute Gasteiger partial charge is 0.328 e. The van der Waals surface area contributed by atoms with Gasteiger partial charge in [0.1, 0.15) is 6.04 Å². The zero-order valence-corrected chi connectivity index (χ0v) is 16.9. The second kappa shape index (κ2) is 7.80. The fraction of sp³-hybridized carbons (Fsp3) is 0.688. The lowest BCUT2D eigenvalue weighted by atomic mass is 10.0. The Bertz CT molecular complexity index is 822. The molecule has 150 valence electrons. The van der Waals surface area contributed by atoms with Crippen molar-refractivity contribution in [1.29, 1.82) is 0 Å². The Morgan fingerprint density at radius 2 is 2.11 bits per heavy atom. The van der Waals surface area contributed by atoms with E-state index in [1.165, 1.54) is 9.21 Å². The predicted octanol–water partition coefficient (Wildman–Crippen LogP) is 1.27. The van der Waals surface area contributed by atoms with E-state index in [1.54, 1.807) is 0 Å². The third kappa shape index (κ3) is 4.64. The number of hydrogen-bond acceptors (Lipinski definition) is 6. The topological polar surface area (TPSA) is 99.7 Å². The smallest absolute Gasteiger partial charge is 0.248 e. The molecule has 27 heavy (non-hydrogen) atoms. The molecule has 1 unspecified atom stereocenters. The molecule has 0 radical (unpaired) electrons. The maximum absolute atomic E-state index is 13.1. The molecule has 1 saturated heterocycles. The van der Waals surface area contributed by atoms with Crippen molar-refractivity contribution in [3.8, 4) is 0 Å². The molecule has 2 fully saturated rings. The van der Waals surface area contributed by atoms with Crippen LogP contribution in [-0.4, -0.2) is 65.3 Å². The van der Waals surface area contributed by atoms with Crippen molar-refractivity contribution in [2.24, 2.45) is 5.92 Å². The van der Waals surface area contributed by atoms with E-state index in [4.69, 9.17) is 0 Å². The van der Waals surface area contributed by atoms with Gasteiger partial charge in [0.25, 0.3) is 0 Å². The molecule has 3 rings (SSSR count). The van der Waals surface area contributed by atoms with Crippen molar-refractivity contribution in [2.45, 2.75) is 44.4 Å². The molecule has 0 aromatic carbocycles. The van der Waals surface area contributed by atoms with Crippen LogP contribution >= 0.6 is 11.3 Å². The van der Waals surface area contributed by atoms with Gasteiger partial charge in [0, 0.05) is 13.1 Å². The molecule has 8 nitrogen and oxygen atoms in total. The van der Waals surface area contributed by atoms with E-state index in [-0.39, 0.29) is 35.9 Å². The molecule has 1 N–H and O–H groups in total. The number of carbonyl (C=O) groups is 2. The normalized spacial score (nSPS) is 20.1. The summed E-state index contributed by atoms with van der Waals surface area (Å²) in [5, 5.41) is 1.81. The number of rotatable bonds is 7. The number of anilines is 1. The molecule has 1 aromatic heterocycles. The first-order valence-electron chi connectivity index (χ1n) is 8.89. The molecule has 2 heterocycles. The standard InChI is InChI=1S/C16H23FN4O4S2/c1-10(2)7-12(15(23)19-16-18-8-13(17)26-16)21-6-5-20(9-14(21)22)27(24,25)11-3-4-11/h8,10-12H,3-7,9H2,1-2H3,(H,18,19,23). The van der Waals surface area contributed by atoms with Gasteiger partial charge < -0.3 is 10.2 Å². The summed E-state index contributed by atoms with van der Waals surface area (Å²) >= 11 is 0.713. The highest BCUT2D eigenvalue weighted by atomic mass is 32.2. The summed E-state index contributed by atoms with van der Waals surface area (Å²) in [6.07, 6.45) is 2.71. The molecule has 11 heteroatoms. The predicted molar refractivity (Wildman–Crippen MR) is 99.2 cm³/mol. The Kier molecular flexibility index (Phi) is 5.82. The van der Waals surface area contributed by atoms with Gasteiger partial charge in [-0.05, 0) is 25.2 Å². The highest BCUT2D eigenvalue weighted by Crippen LogP contribution is 2.32. The number of sulfonamides is 1. The third-order valence-electron chi connectivity index (χ3n) is 4.61. The van der Waals surface area contributed by atoms with E-state index in [0.717, 1.165) is 6.20 Å². The van der Waals surface area contributed by atoms with E-state index in [1.807, 2.05) is 13.8 Å². The van der Waals surface area contributed by atoms with Crippen molar-refractivity contribution >= 4 is 38.3 Å². The molecule has 1 saturated carbocycles. The second-order valence-corrected chi connectivity index (χ2v) is 10.5. The minimum Gasteiger partial charge on any atom is -0.328 e. The molecule has 1 aromatic rings. The first-order valence-corrected chi connectivity index (χ1v) is 11.2. The summed E-state index contributed by atoms with van der Waals surface area (Å²) in [6, 6.07) is -0.754. The fourth-order valence-corrected chi connectivity index (χ4v) is 5.44. The Hall–Kier alpha value is -1.59. The molecule has 1 aliphatic carbocycles. The monoisotopic (exact) mass is 418 g/mol. The van der Waals surface area contributed by atoms with Crippen molar-refractivity contribution in [3.05, 3.63) is 11.3 Å². The number of aromatic nitrogens is 1. The average Bonchev–Trinajstić information content (AvgIpc) is 3.37. The SMILES string of the molecule is CC(C)CC(C(=O)Nc1ncc(F)s1)N1CCN(S(=O)(=O)C2CC2)CC1=O. The van der Waals surface area contributed by atoms with Crippen LogP contribution in [0.3, 0.4) is 0 Å². The van der Waals surface area contributed by atoms with Crippen LogP contribution < -0.4 is 5.32 Å². The Morgan fingerprint density at radius 3 is 2.63 bits per heavy atom. The second-order valence-electron chi connectivity index (χ2n) is 7.27. The minimum atomic E-state index is -3.42. The third-order valence-corrected chi connectivity index (χ3v) is 7.66. The van der Waals surface area contributed by atoms with Crippen LogP contribution in [0.2, 0.25) is 0 Å². The fourth-order valence-electron chi connectivity index (χ4n) is 3.11. The quantitative estimate of drug-likeness (QED) is 0.719. The molecule has 0 bridgehead atoms. The van der Waals surface area contributed by atoms with Crippen LogP contribution in [0.15, 0.2) is 6.20 Å². The zero-order valence-electron chi connectivity index (χ0n) is 15.2. The first kappa shape index (κ1) is 20.2. The van der Waals surface area contributed by atoms with Gasteiger partial charge >= 0.3 is 0 Å². The summed E-state index contributed by atoms with van der Waals surface area (Å²) in [5.74, 6) is -0.698.